The number of halogens is 1. The quantitative estimate of drug-likeness (QED) is 0.670. The average Bonchev–Trinajstić information content (AvgIpc) is 2.92. The second-order valence-corrected chi connectivity index (χ2v) is 5.39. The average molecular weight is 292 g/mol. The summed E-state index contributed by atoms with van der Waals surface area (Å²) in [5.41, 5.74) is 0.948. The predicted molar refractivity (Wildman–Crippen MR) is 85.0 cm³/mol. The Morgan fingerprint density at radius 2 is 1.90 bits per heavy atom. The maximum absolute atomic E-state index is 6.17. The van der Waals surface area contributed by atoms with Gasteiger partial charge in [-0.05, 0) is 37.2 Å². The van der Waals surface area contributed by atoms with Gasteiger partial charge in [-0.1, -0.05) is 49.9 Å². The molecule has 0 radical (unpaired) electrons. The lowest BCUT2D eigenvalue weighted by Crippen LogP contribution is -2.14. The van der Waals surface area contributed by atoms with Crippen molar-refractivity contribution in [2.24, 2.45) is 0 Å². The minimum absolute atomic E-state index is 0.723. The Morgan fingerprint density at radius 1 is 1.05 bits per heavy atom. The first-order valence-corrected chi connectivity index (χ1v) is 7.73. The van der Waals surface area contributed by atoms with Crippen LogP contribution in [-0.4, -0.2) is 6.54 Å². The zero-order valence-corrected chi connectivity index (χ0v) is 12.7. The summed E-state index contributed by atoms with van der Waals surface area (Å²) in [6.07, 6.45) is 5.12. The van der Waals surface area contributed by atoms with Crippen LogP contribution < -0.4 is 5.32 Å². The van der Waals surface area contributed by atoms with Gasteiger partial charge in [0.15, 0.2) is 0 Å². The molecule has 0 aliphatic heterocycles. The highest BCUT2D eigenvalue weighted by atomic mass is 35.5. The van der Waals surface area contributed by atoms with Gasteiger partial charge < -0.3 is 9.73 Å². The van der Waals surface area contributed by atoms with E-state index in [0.29, 0.717) is 0 Å². The van der Waals surface area contributed by atoms with Crippen LogP contribution in [0.15, 0.2) is 40.8 Å². The van der Waals surface area contributed by atoms with Crippen LogP contribution in [0.25, 0.3) is 11.3 Å². The van der Waals surface area contributed by atoms with E-state index in [-0.39, 0.29) is 0 Å². The first-order valence-electron chi connectivity index (χ1n) is 7.35. The first kappa shape index (κ1) is 15.1. The summed E-state index contributed by atoms with van der Waals surface area (Å²) in [6.45, 7) is 4.05. The molecular weight excluding hydrogens is 270 g/mol. The van der Waals surface area contributed by atoms with Crippen LogP contribution in [0.1, 0.15) is 38.4 Å². The van der Waals surface area contributed by atoms with Crippen molar-refractivity contribution in [2.75, 3.05) is 6.54 Å². The van der Waals surface area contributed by atoms with Crippen LogP contribution >= 0.6 is 11.6 Å². The van der Waals surface area contributed by atoms with Crippen LogP contribution in [-0.2, 0) is 6.54 Å². The monoisotopic (exact) mass is 291 g/mol. The fourth-order valence-corrected chi connectivity index (χ4v) is 2.40. The molecule has 0 bridgehead atoms. The molecule has 0 aliphatic rings. The van der Waals surface area contributed by atoms with E-state index in [1.165, 1.54) is 25.7 Å². The number of rotatable bonds is 8. The SMILES string of the molecule is CCCCCCNCc1ccc(-c2ccccc2Cl)o1. The number of unbranched alkanes of at least 4 members (excludes halogenated alkanes) is 3. The van der Waals surface area contributed by atoms with E-state index in [2.05, 4.69) is 12.2 Å². The van der Waals surface area contributed by atoms with Gasteiger partial charge in [-0.15, -0.1) is 0 Å². The highest BCUT2D eigenvalue weighted by Gasteiger charge is 2.07. The molecular formula is C17H22ClNO. The summed E-state index contributed by atoms with van der Waals surface area (Å²) in [7, 11) is 0. The van der Waals surface area contributed by atoms with E-state index in [4.69, 9.17) is 16.0 Å². The Balaban J connectivity index is 1.82. The molecule has 0 saturated carbocycles. The molecule has 1 N–H and O–H groups in total. The van der Waals surface area contributed by atoms with Crippen LogP contribution in [0.5, 0.6) is 0 Å². The highest BCUT2D eigenvalue weighted by Crippen LogP contribution is 2.28. The molecule has 0 aliphatic carbocycles. The molecule has 0 amide bonds. The molecule has 2 nitrogen and oxygen atoms in total. The number of nitrogens with one attached hydrogen (secondary N) is 1. The van der Waals surface area contributed by atoms with E-state index in [1.54, 1.807) is 0 Å². The Labute approximate surface area is 126 Å². The fraction of sp³-hybridized carbons (Fsp3) is 0.412. The largest absolute Gasteiger partial charge is 0.460 e. The highest BCUT2D eigenvalue weighted by molar-refractivity contribution is 6.33. The zero-order valence-electron chi connectivity index (χ0n) is 12.0. The Hall–Kier alpha value is -1.25. The third-order valence-electron chi connectivity index (χ3n) is 3.31. The number of benzene rings is 1. The summed E-state index contributed by atoms with van der Waals surface area (Å²) in [5, 5.41) is 4.14. The van der Waals surface area contributed by atoms with Gasteiger partial charge in [-0.3, -0.25) is 0 Å². The summed E-state index contributed by atoms with van der Waals surface area (Å²) in [6, 6.07) is 11.7. The molecule has 2 aromatic rings. The maximum atomic E-state index is 6.17. The molecule has 0 saturated heterocycles. The second kappa shape index (κ2) is 8.13. The van der Waals surface area contributed by atoms with Gasteiger partial charge >= 0.3 is 0 Å². The maximum Gasteiger partial charge on any atom is 0.135 e. The predicted octanol–water partition coefficient (Wildman–Crippen LogP) is 5.27. The topological polar surface area (TPSA) is 25.2 Å². The van der Waals surface area contributed by atoms with Crippen LogP contribution in [0, 0.1) is 0 Å². The normalized spacial score (nSPS) is 10.9. The molecule has 1 aromatic heterocycles. The van der Waals surface area contributed by atoms with E-state index < -0.39 is 0 Å². The van der Waals surface area contributed by atoms with Gasteiger partial charge in [0.2, 0.25) is 0 Å². The number of furan rings is 1. The van der Waals surface area contributed by atoms with Gasteiger partial charge in [-0.2, -0.15) is 0 Å². The molecule has 0 unspecified atom stereocenters. The van der Waals surface area contributed by atoms with Gasteiger partial charge in [-0.25, -0.2) is 0 Å². The Bertz CT molecular complexity index is 521. The minimum atomic E-state index is 0.723. The number of hydrogen-bond donors (Lipinski definition) is 1. The van der Waals surface area contributed by atoms with Crippen molar-refractivity contribution in [1.82, 2.24) is 5.32 Å². The van der Waals surface area contributed by atoms with Crippen molar-refractivity contribution in [3.8, 4) is 11.3 Å². The molecule has 0 spiro atoms. The number of hydrogen-bond acceptors (Lipinski definition) is 2. The van der Waals surface area contributed by atoms with Crippen LogP contribution in [0.2, 0.25) is 5.02 Å². The van der Waals surface area contributed by atoms with E-state index in [9.17, 15) is 0 Å². The first-order chi connectivity index (χ1) is 9.81. The molecule has 3 heteroatoms. The van der Waals surface area contributed by atoms with Crippen LogP contribution in [0.4, 0.5) is 0 Å². The molecule has 0 fully saturated rings. The van der Waals surface area contributed by atoms with Crippen LogP contribution in [0.3, 0.4) is 0 Å². The summed E-state index contributed by atoms with van der Waals surface area (Å²) >= 11 is 6.17. The van der Waals surface area contributed by atoms with Crippen molar-refractivity contribution in [3.05, 3.63) is 47.2 Å². The minimum Gasteiger partial charge on any atom is -0.460 e. The zero-order chi connectivity index (χ0) is 14.2. The Kier molecular flexibility index (Phi) is 6.16. The third-order valence-corrected chi connectivity index (χ3v) is 3.64. The molecule has 108 valence electrons. The summed E-state index contributed by atoms with van der Waals surface area (Å²) in [4.78, 5) is 0. The molecule has 0 atom stereocenters. The van der Waals surface area contributed by atoms with Crippen molar-refractivity contribution < 1.29 is 4.42 Å². The fourth-order valence-electron chi connectivity index (χ4n) is 2.17. The van der Waals surface area contributed by atoms with Gasteiger partial charge in [0, 0.05) is 5.56 Å². The summed E-state index contributed by atoms with van der Waals surface area (Å²) in [5.74, 6) is 1.79. The van der Waals surface area contributed by atoms with Crippen molar-refractivity contribution in [2.45, 2.75) is 39.2 Å². The van der Waals surface area contributed by atoms with E-state index in [1.807, 2.05) is 36.4 Å². The standard InChI is InChI=1S/C17H22ClNO/c1-2-3-4-7-12-19-13-14-10-11-17(20-14)15-8-5-6-9-16(15)18/h5-6,8-11,19H,2-4,7,12-13H2,1H3. The molecule has 1 aromatic carbocycles. The van der Waals surface area contributed by atoms with Crippen molar-refractivity contribution in [1.29, 1.82) is 0 Å². The molecule has 2 rings (SSSR count). The van der Waals surface area contributed by atoms with Gasteiger partial charge in [0.25, 0.3) is 0 Å². The smallest absolute Gasteiger partial charge is 0.135 e. The molecule has 20 heavy (non-hydrogen) atoms. The van der Waals surface area contributed by atoms with E-state index >= 15 is 0 Å². The van der Waals surface area contributed by atoms with Crippen molar-refractivity contribution in [3.63, 3.8) is 0 Å². The molecule has 1 heterocycles. The second-order valence-electron chi connectivity index (χ2n) is 4.98. The lowest BCUT2D eigenvalue weighted by atomic mass is 10.2. The van der Waals surface area contributed by atoms with Crippen molar-refractivity contribution >= 4 is 11.6 Å². The lowest BCUT2D eigenvalue weighted by molar-refractivity contribution is 0.487. The van der Waals surface area contributed by atoms with E-state index in [0.717, 1.165) is 35.2 Å². The summed E-state index contributed by atoms with van der Waals surface area (Å²) < 4.78 is 5.83. The van der Waals surface area contributed by atoms with Gasteiger partial charge in [0.05, 0.1) is 11.6 Å². The lowest BCUT2D eigenvalue weighted by Gasteiger charge is -2.03. The van der Waals surface area contributed by atoms with Gasteiger partial charge in [0.1, 0.15) is 11.5 Å². The third kappa shape index (κ3) is 4.39. The Morgan fingerprint density at radius 3 is 2.70 bits per heavy atom.